The Bertz CT molecular complexity index is 570. The number of nitrogens with two attached hydrogens (primary N) is 1. The summed E-state index contributed by atoms with van der Waals surface area (Å²) in [5.74, 6) is 0. The summed E-state index contributed by atoms with van der Waals surface area (Å²) in [6.07, 6.45) is 0. The summed E-state index contributed by atoms with van der Waals surface area (Å²) in [6.45, 7) is 2.61. The molecule has 1 atom stereocenters. The fourth-order valence-corrected chi connectivity index (χ4v) is 2.67. The van der Waals surface area contributed by atoms with E-state index >= 15 is 0 Å². The predicted octanol–water partition coefficient (Wildman–Crippen LogP) is 4.63. The van der Waals surface area contributed by atoms with E-state index in [2.05, 4.69) is 62.3 Å². The molecule has 0 saturated carbocycles. The number of benzene rings is 2. The summed E-state index contributed by atoms with van der Waals surface area (Å²) < 4.78 is 2.15. The molecule has 1 unspecified atom stereocenters. The molecule has 0 bridgehead atoms. The smallest absolute Gasteiger partial charge is 0.0636 e. The number of hydrogen-bond donors (Lipinski definition) is 2. The predicted molar refractivity (Wildman–Crippen MR) is 88.4 cm³/mol. The monoisotopic (exact) mass is 382 g/mol. The quantitative estimate of drug-likeness (QED) is 0.807. The first-order chi connectivity index (χ1) is 9.11. The van der Waals surface area contributed by atoms with Crippen LogP contribution in [0.3, 0.4) is 0 Å². The van der Waals surface area contributed by atoms with E-state index in [1.54, 1.807) is 0 Å². The van der Waals surface area contributed by atoms with Crippen molar-refractivity contribution in [2.45, 2.75) is 13.0 Å². The standard InChI is InChI=1S/C15H16Br2N2/c1-10-6-7-11(8-13(10)17)15(9-18)19-14-5-3-2-4-12(14)16/h2-8,15,19H,9,18H2,1H3. The first-order valence-corrected chi connectivity index (χ1v) is 7.67. The minimum atomic E-state index is 0.0931. The molecule has 0 spiro atoms. The van der Waals surface area contributed by atoms with Gasteiger partial charge in [0.25, 0.3) is 0 Å². The van der Waals surface area contributed by atoms with Crippen LogP contribution in [-0.2, 0) is 0 Å². The Kier molecular flexibility index (Phi) is 5.02. The molecule has 2 rings (SSSR count). The lowest BCUT2D eigenvalue weighted by molar-refractivity contribution is 0.788. The van der Waals surface area contributed by atoms with Crippen LogP contribution < -0.4 is 11.1 Å². The van der Waals surface area contributed by atoms with E-state index in [1.165, 1.54) is 11.1 Å². The van der Waals surface area contributed by atoms with Crippen molar-refractivity contribution < 1.29 is 0 Å². The van der Waals surface area contributed by atoms with Gasteiger partial charge in [-0.1, -0.05) is 40.2 Å². The van der Waals surface area contributed by atoms with E-state index < -0.39 is 0 Å². The van der Waals surface area contributed by atoms with E-state index in [4.69, 9.17) is 5.73 Å². The maximum Gasteiger partial charge on any atom is 0.0636 e. The van der Waals surface area contributed by atoms with Crippen LogP contribution >= 0.6 is 31.9 Å². The van der Waals surface area contributed by atoms with Crippen LogP contribution in [0.2, 0.25) is 0 Å². The van der Waals surface area contributed by atoms with E-state index in [0.29, 0.717) is 6.54 Å². The van der Waals surface area contributed by atoms with Gasteiger partial charge >= 0.3 is 0 Å². The van der Waals surface area contributed by atoms with E-state index in [1.807, 2.05) is 24.3 Å². The SMILES string of the molecule is Cc1ccc(C(CN)Nc2ccccc2Br)cc1Br. The van der Waals surface area contributed by atoms with E-state index in [0.717, 1.165) is 14.6 Å². The third-order valence-electron chi connectivity index (χ3n) is 3.04. The zero-order valence-corrected chi connectivity index (χ0v) is 13.8. The molecule has 0 aliphatic heterocycles. The Morgan fingerprint density at radius 2 is 1.84 bits per heavy atom. The summed E-state index contributed by atoms with van der Waals surface area (Å²) in [5.41, 5.74) is 9.35. The zero-order valence-electron chi connectivity index (χ0n) is 10.7. The summed E-state index contributed by atoms with van der Waals surface area (Å²) >= 11 is 7.11. The normalized spacial score (nSPS) is 12.2. The first kappa shape index (κ1) is 14.6. The highest BCUT2D eigenvalue weighted by atomic mass is 79.9. The molecule has 0 heterocycles. The molecule has 0 aromatic heterocycles. The summed E-state index contributed by atoms with van der Waals surface area (Å²) in [4.78, 5) is 0. The van der Waals surface area contributed by atoms with Gasteiger partial charge in [-0.25, -0.2) is 0 Å². The summed E-state index contributed by atoms with van der Waals surface area (Å²) in [6, 6.07) is 14.5. The second-order valence-corrected chi connectivity index (χ2v) is 6.13. The number of nitrogens with one attached hydrogen (secondary N) is 1. The number of aryl methyl sites for hydroxylation is 1. The number of rotatable bonds is 4. The second kappa shape index (κ2) is 6.55. The Morgan fingerprint density at radius 3 is 2.47 bits per heavy atom. The van der Waals surface area contributed by atoms with Gasteiger partial charge in [-0.05, 0) is 52.2 Å². The van der Waals surface area contributed by atoms with Gasteiger partial charge in [-0.3, -0.25) is 0 Å². The van der Waals surface area contributed by atoms with Gasteiger partial charge in [0.2, 0.25) is 0 Å². The first-order valence-electron chi connectivity index (χ1n) is 6.09. The Hall–Kier alpha value is -0.840. The topological polar surface area (TPSA) is 38.0 Å². The highest BCUT2D eigenvalue weighted by Gasteiger charge is 2.11. The lowest BCUT2D eigenvalue weighted by Gasteiger charge is -2.20. The highest BCUT2D eigenvalue weighted by Crippen LogP contribution is 2.28. The largest absolute Gasteiger partial charge is 0.376 e. The van der Waals surface area contributed by atoms with Crippen LogP contribution in [0.15, 0.2) is 51.4 Å². The van der Waals surface area contributed by atoms with Gasteiger partial charge in [0, 0.05) is 21.2 Å². The summed E-state index contributed by atoms with van der Waals surface area (Å²) in [7, 11) is 0. The van der Waals surface area contributed by atoms with Gasteiger partial charge in [-0.2, -0.15) is 0 Å². The average Bonchev–Trinajstić information content (AvgIpc) is 2.41. The molecule has 0 aliphatic carbocycles. The number of hydrogen-bond acceptors (Lipinski definition) is 2. The number of halogens is 2. The Balaban J connectivity index is 2.25. The van der Waals surface area contributed by atoms with Crippen molar-refractivity contribution >= 4 is 37.5 Å². The second-order valence-electron chi connectivity index (χ2n) is 4.42. The highest BCUT2D eigenvalue weighted by molar-refractivity contribution is 9.10. The molecule has 3 N–H and O–H groups in total. The van der Waals surface area contributed by atoms with Gasteiger partial charge in [0.05, 0.1) is 6.04 Å². The fourth-order valence-electron chi connectivity index (χ4n) is 1.87. The lowest BCUT2D eigenvalue weighted by atomic mass is 10.0. The minimum absolute atomic E-state index is 0.0931. The lowest BCUT2D eigenvalue weighted by Crippen LogP contribution is -2.20. The average molecular weight is 384 g/mol. The molecular formula is C15H16Br2N2. The van der Waals surface area contributed by atoms with Gasteiger partial charge in [0.1, 0.15) is 0 Å². The van der Waals surface area contributed by atoms with Crippen molar-refractivity contribution in [1.29, 1.82) is 0 Å². The van der Waals surface area contributed by atoms with Crippen molar-refractivity contribution in [3.05, 3.63) is 62.5 Å². The van der Waals surface area contributed by atoms with Crippen LogP contribution in [0.5, 0.6) is 0 Å². The van der Waals surface area contributed by atoms with E-state index in [-0.39, 0.29) is 6.04 Å². The fraction of sp³-hybridized carbons (Fsp3) is 0.200. The van der Waals surface area contributed by atoms with Crippen molar-refractivity contribution in [2.75, 3.05) is 11.9 Å². The molecule has 0 amide bonds. The third kappa shape index (κ3) is 3.59. The molecule has 0 fully saturated rings. The van der Waals surface area contributed by atoms with Crippen molar-refractivity contribution in [1.82, 2.24) is 0 Å². The molecule has 0 radical (unpaired) electrons. The Morgan fingerprint density at radius 1 is 1.11 bits per heavy atom. The van der Waals surface area contributed by atoms with Crippen LogP contribution in [-0.4, -0.2) is 6.54 Å². The van der Waals surface area contributed by atoms with Crippen molar-refractivity contribution in [3.8, 4) is 0 Å². The van der Waals surface area contributed by atoms with E-state index in [9.17, 15) is 0 Å². The number of para-hydroxylation sites is 1. The van der Waals surface area contributed by atoms with Gasteiger partial charge in [0.15, 0.2) is 0 Å². The van der Waals surface area contributed by atoms with Gasteiger partial charge < -0.3 is 11.1 Å². The molecular weight excluding hydrogens is 368 g/mol. The van der Waals surface area contributed by atoms with Crippen LogP contribution in [0, 0.1) is 6.92 Å². The molecule has 0 aliphatic rings. The maximum atomic E-state index is 5.90. The zero-order chi connectivity index (χ0) is 13.8. The minimum Gasteiger partial charge on any atom is -0.376 e. The molecule has 100 valence electrons. The van der Waals surface area contributed by atoms with Crippen molar-refractivity contribution in [3.63, 3.8) is 0 Å². The van der Waals surface area contributed by atoms with Crippen LogP contribution in [0.25, 0.3) is 0 Å². The molecule has 2 nitrogen and oxygen atoms in total. The molecule has 4 heteroatoms. The van der Waals surface area contributed by atoms with Crippen LogP contribution in [0.1, 0.15) is 17.2 Å². The molecule has 2 aromatic carbocycles. The molecule has 19 heavy (non-hydrogen) atoms. The molecule has 0 saturated heterocycles. The maximum absolute atomic E-state index is 5.90. The van der Waals surface area contributed by atoms with Crippen LogP contribution in [0.4, 0.5) is 5.69 Å². The Labute approximate surface area is 130 Å². The van der Waals surface area contributed by atoms with Gasteiger partial charge in [-0.15, -0.1) is 0 Å². The number of anilines is 1. The third-order valence-corrected chi connectivity index (χ3v) is 4.58. The molecule has 2 aromatic rings. The summed E-state index contributed by atoms with van der Waals surface area (Å²) in [5, 5.41) is 3.47. The van der Waals surface area contributed by atoms with Crippen molar-refractivity contribution in [2.24, 2.45) is 5.73 Å².